The lowest BCUT2D eigenvalue weighted by Gasteiger charge is -2.09. The number of hydrogen-bond donors (Lipinski definition) is 1. The average Bonchev–Trinajstić information content (AvgIpc) is 2.33. The van der Waals surface area contributed by atoms with E-state index in [4.69, 9.17) is 0 Å². The highest BCUT2D eigenvalue weighted by atomic mass is 19.4. The van der Waals surface area contributed by atoms with Gasteiger partial charge in [0.1, 0.15) is 0 Å². The molecule has 1 heterocycles. The standard InChI is InChI=1S/C12H9F3N2O2/c1-17-9(6-10(18)16-11(17)19)7-2-4-8(5-3-7)12(13,14)15/h2-6H,1H3,(H,16,18,19). The molecule has 0 amide bonds. The van der Waals surface area contributed by atoms with Gasteiger partial charge in [-0.1, -0.05) is 12.1 Å². The Morgan fingerprint density at radius 2 is 1.68 bits per heavy atom. The van der Waals surface area contributed by atoms with Crippen molar-refractivity contribution in [3.63, 3.8) is 0 Å². The van der Waals surface area contributed by atoms with Gasteiger partial charge < -0.3 is 0 Å². The van der Waals surface area contributed by atoms with E-state index in [0.29, 0.717) is 5.56 Å². The Kier molecular flexibility index (Phi) is 3.05. The van der Waals surface area contributed by atoms with E-state index >= 15 is 0 Å². The van der Waals surface area contributed by atoms with Gasteiger partial charge in [0.2, 0.25) is 0 Å². The van der Waals surface area contributed by atoms with Crippen molar-refractivity contribution in [2.75, 3.05) is 0 Å². The Balaban J connectivity index is 2.55. The van der Waals surface area contributed by atoms with Crippen LogP contribution < -0.4 is 11.2 Å². The van der Waals surface area contributed by atoms with Crippen molar-refractivity contribution in [2.24, 2.45) is 7.05 Å². The maximum atomic E-state index is 12.4. The van der Waals surface area contributed by atoms with Gasteiger partial charge in [0.25, 0.3) is 5.56 Å². The number of rotatable bonds is 1. The smallest absolute Gasteiger partial charge is 0.296 e. The van der Waals surface area contributed by atoms with Gasteiger partial charge in [-0.05, 0) is 17.7 Å². The molecule has 0 unspecified atom stereocenters. The monoisotopic (exact) mass is 270 g/mol. The van der Waals surface area contributed by atoms with Gasteiger partial charge in [-0.15, -0.1) is 0 Å². The molecule has 0 saturated heterocycles. The molecule has 0 aliphatic heterocycles. The highest BCUT2D eigenvalue weighted by molar-refractivity contribution is 5.59. The van der Waals surface area contributed by atoms with Crippen LogP contribution in [0.5, 0.6) is 0 Å². The van der Waals surface area contributed by atoms with Crippen molar-refractivity contribution in [1.82, 2.24) is 9.55 Å². The molecule has 19 heavy (non-hydrogen) atoms. The van der Waals surface area contributed by atoms with E-state index in [0.717, 1.165) is 22.8 Å². The van der Waals surface area contributed by atoms with E-state index in [1.165, 1.54) is 19.2 Å². The fraction of sp³-hybridized carbons (Fsp3) is 0.167. The Labute approximate surface area is 105 Å². The third kappa shape index (κ3) is 2.59. The molecule has 7 heteroatoms. The van der Waals surface area contributed by atoms with E-state index < -0.39 is 23.0 Å². The maximum absolute atomic E-state index is 12.4. The van der Waals surface area contributed by atoms with Gasteiger partial charge in [-0.3, -0.25) is 14.3 Å². The quantitative estimate of drug-likeness (QED) is 0.858. The Hall–Kier alpha value is -2.31. The molecule has 0 spiro atoms. The highest BCUT2D eigenvalue weighted by Crippen LogP contribution is 2.30. The first kappa shape index (κ1) is 13.1. The number of aromatic amines is 1. The predicted molar refractivity (Wildman–Crippen MR) is 62.7 cm³/mol. The summed E-state index contributed by atoms with van der Waals surface area (Å²) < 4.78 is 38.4. The Morgan fingerprint density at radius 3 is 2.21 bits per heavy atom. The van der Waals surface area contributed by atoms with Crippen molar-refractivity contribution in [2.45, 2.75) is 6.18 Å². The zero-order chi connectivity index (χ0) is 14.2. The van der Waals surface area contributed by atoms with Crippen LogP contribution in [-0.4, -0.2) is 9.55 Å². The Bertz CT molecular complexity index is 711. The zero-order valence-corrected chi connectivity index (χ0v) is 9.78. The molecule has 0 atom stereocenters. The summed E-state index contributed by atoms with van der Waals surface area (Å²) in [5.41, 5.74) is -1.40. The average molecular weight is 270 g/mol. The molecule has 0 fully saturated rings. The van der Waals surface area contributed by atoms with Crippen LogP contribution in [0.2, 0.25) is 0 Å². The van der Waals surface area contributed by atoms with E-state index in [-0.39, 0.29) is 5.69 Å². The molecule has 0 aliphatic carbocycles. The number of benzene rings is 1. The molecule has 1 aromatic carbocycles. The summed E-state index contributed by atoms with van der Waals surface area (Å²) in [4.78, 5) is 24.7. The van der Waals surface area contributed by atoms with Gasteiger partial charge in [-0.25, -0.2) is 4.79 Å². The predicted octanol–water partition coefficient (Wildman–Crippen LogP) is 1.76. The second-order valence-corrected chi connectivity index (χ2v) is 3.96. The van der Waals surface area contributed by atoms with Crippen molar-refractivity contribution >= 4 is 0 Å². The fourth-order valence-corrected chi connectivity index (χ4v) is 1.66. The van der Waals surface area contributed by atoms with Crippen LogP contribution in [0.3, 0.4) is 0 Å². The summed E-state index contributed by atoms with van der Waals surface area (Å²) in [7, 11) is 1.42. The second kappa shape index (κ2) is 4.42. The van der Waals surface area contributed by atoms with Gasteiger partial charge in [-0.2, -0.15) is 13.2 Å². The lowest BCUT2D eigenvalue weighted by Crippen LogP contribution is -2.28. The first-order valence-electron chi connectivity index (χ1n) is 5.27. The number of alkyl halides is 3. The molecule has 0 saturated carbocycles. The third-order valence-corrected chi connectivity index (χ3v) is 2.67. The molecular formula is C12H9F3N2O2. The zero-order valence-electron chi connectivity index (χ0n) is 9.78. The molecule has 1 N–H and O–H groups in total. The van der Waals surface area contributed by atoms with Crippen molar-refractivity contribution in [3.8, 4) is 11.3 Å². The van der Waals surface area contributed by atoms with Crippen LogP contribution >= 0.6 is 0 Å². The van der Waals surface area contributed by atoms with Crippen molar-refractivity contribution in [3.05, 3.63) is 56.7 Å². The lowest BCUT2D eigenvalue weighted by molar-refractivity contribution is -0.137. The number of hydrogen-bond acceptors (Lipinski definition) is 2. The van der Waals surface area contributed by atoms with E-state index in [1.807, 2.05) is 0 Å². The largest absolute Gasteiger partial charge is 0.416 e. The van der Waals surface area contributed by atoms with Crippen LogP contribution in [-0.2, 0) is 13.2 Å². The first-order chi connectivity index (χ1) is 8.79. The van der Waals surface area contributed by atoms with E-state index in [1.54, 1.807) is 0 Å². The topological polar surface area (TPSA) is 54.9 Å². The number of nitrogens with zero attached hydrogens (tertiary/aromatic N) is 1. The molecule has 0 bridgehead atoms. The Morgan fingerprint density at radius 1 is 1.11 bits per heavy atom. The number of H-pyrrole nitrogens is 1. The maximum Gasteiger partial charge on any atom is 0.416 e. The SMILES string of the molecule is Cn1c(-c2ccc(C(F)(F)F)cc2)cc(=O)[nH]c1=O. The number of aromatic nitrogens is 2. The van der Waals surface area contributed by atoms with Crippen molar-refractivity contribution < 1.29 is 13.2 Å². The van der Waals surface area contributed by atoms with Crippen LogP contribution in [0.15, 0.2) is 39.9 Å². The van der Waals surface area contributed by atoms with Crippen molar-refractivity contribution in [1.29, 1.82) is 0 Å². The van der Waals surface area contributed by atoms with Crippen LogP contribution in [0.4, 0.5) is 13.2 Å². The van der Waals surface area contributed by atoms with E-state index in [2.05, 4.69) is 4.98 Å². The highest BCUT2D eigenvalue weighted by Gasteiger charge is 2.30. The number of nitrogens with one attached hydrogen (secondary N) is 1. The van der Waals surface area contributed by atoms with Crippen LogP contribution in [0.25, 0.3) is 11.3 Å². The first-order valence-corrected chi connectivity index (χ1v) is 5.27. The van der Waals surface area contributed by atoms with Crippen LogP contribution in [0.1, 0.15) is 5.56 Å². The minimum absolute atomic E-state index is 0.252. The van der Waals surface area contributed by atoms with E-state index in [9.17, 15) is 22.8 Å². The summed E-state index contributed by atoms with van der Waals surface area (Å²) in [5.74, 6) is 0. The van der Waals surface area contributed by atoms with Gasteiger partial charge in [0.05, 0.1) is 11.3 Å². The minimum Gasteiger partial charge on any atom is -0.296 e. The molecular weight excluding hydrogens is 261 g/mol. The second-order valence-electron chi connectivity index (χ2n) is 3.96. The summed E-state index contributed by atoms with van der Waals surface area (Å²) >= 11 is 0. The van der Waals surface area contributed by atoms with Gasteiger partial charge in [0.15, 0.2) is 0 Å². The lowest BCUT2D eigenvalue weighted by atomic mass is 10.1. The summed E-state index contributed by atoms with van der Waals surface area (Å²) in [5, 5.41) is 0. The summed E-state index contributed by atoms with van der Waals surface area (Å²) in [6.45, 7) is 0. The molecule has 2 aromatic rings. The summed E-state index contributed by atoms with van der Waals surface area (Å²) in [6, 6.07) is 5.40. The summed E-state index contributed by atoms with van der Waals surface area (Å²) in [6.07, 6.45) is -4.42. The molecule has 100 valence electrons. The van der Waals surface area contributed by atoms with Crippen LogP contribution in [0, 0.1) is 0 Å². The van der Waals surface area contributed by atoms with Gasteiger partial charge in [0, 0.05) is 13.1 Å². The fourth-order valence-electron chi connectivity index (χ4n) is 1.66. The van der Waals surface area contributed by atoms with Gasteiger partial charge >= 0.3 is 11.9 Å². The number of halogens is 3. The normalized spacial score (nSPS) is 11.6. The molecule has 2 rings (SSSR count). The minimum atomic E-state index is -4.42. The molecule has 0 radical (unpaired) electrons. The third-order valence-electron chi connectivity index (χ3n) is 2.67. The molecule has 0 aliphatic rings. The molecule has 1 aromatic heterocycles. The molecule has 4 nitrogen and oxygen atoms in total.